The lowest BCUT2D eigenvalue weighted by molar-refractivity contribution is -0.119. The predicted octanol–water partition coefficient (Wildman–Crippen LogP) is 3.76. The zero-order valence-electron chi connectivity index (χ0n) is 14.4. The molecule has 0 saturated carbocycles. The van der Waals surface area contributed by atoms with E-state index < -0.39 is 0 Å². The van der Waals surface area contributed by atoms with E-state index in [0.717, 1.165) is 5.56 Å². The number of para-hydroxylation sites is 1. The Balaban J connectivity index is 1.84. The van der Waals surface area contributed by atoms with Crippen molar-refractivity contribution in [1.29, 1.82) is 5.26 Å². The number of nitriles is 1. The zero-order valence-corrected chi connectivity index (χ0v) is 15.2. The topological polar surface area (TPSA) is 94.0 Å². The first kappa shape index (κ1) is 19.3. The first-order valence-electron chi connectivity index (χ1n) is 8.05. The third-order valence-corrected chi connectivity index (χ3v) is 4.28. The fourth-order valence-electron chi connectivity index (χ4n) is 2.23. The fraction of sp³-hybridized carbons (Fsp3) is 0.211. The maximum absolute atomic E-state index is 12.0. The second-order valence-electron chi connectivity index (χ2n) is 5.51. The molecule has 26 heavy (non-hydrogen) atoms. The highest BCUT2D eigenvalue weighted by atomic mass is 32.2. The number of hydrogen-bond acceptors (Lipinski definition) is 4. The van der Waals surface area contributed by atoms with Gasteiger partial charge in [-0.2, -0.15) is 5.26 Å². The summed E-state index contributed by atoms with van der Waals surface area (Å²) in [5.74, 6) is 0.451. The van der Waals surface area contributed by atoms with E-state index in [-0.39, 0.29) is 23.7 Å². The van der Waals surface area contributed by atoms with E-state index in [1.165, 1.54) is 11.8 Å². The summed E-state index contributed by atoms with van der Waals surface area (Å²) < 4.78 is 0. The lowest BCUT2D eigenvalue weighted by Gasteiger charge is -2.15. The van der Waals surface area contributed by atoms with Crippen LogP contribution in [0.25, 0.3) is 0 Å². The molecule has 0 radical (unpaired) electrons. The average Bonchev–Trinajstić information content (AvgIpc) is 2.63. The van der Waals surface area contributed by atoms with Crippen LogP contribution in [0.15, 0.2) is 54.6 Å². The molecule has 0 heterocycles. The smallest absolute Gasteiger partial charge is 0.323 e. The Morgan fingerprint density at radius 2 is 1.65 bits per heavy atom. The van der Waals surface area contributed by atoms with Crippen LogP contribution >= 0.6 is 11.8 Å². The number of carbonyl (C=O) groups is 2. The van der Waals surface area contributed by atoms with Gasteiger partial charge in [-0.15, -0.1) is 11.8 Å². The number of benzene rings is 2. The van der Waals surface area contributed by atoms with Gasteiger partial charge in [0.1, 0.15) is 0 Å². The van der Waals surface area contributed by atoms with Gasteiger partial charge in [0.25, 0.3) is 0 Å². The van der Waals surface area contributed by atoms with Crippen LogP contribution < -0.4 is 16.0 Å². The van der Waals surface area contributed by atoms with Gasteiger partial charge in [-0.25, -0.2) is 4.79 Å². The minimum Gasteiger partial charge on any atom is -0.349 e. The molecule has 0 saturated heterocycles. The minimum absolute atomic E-state index is 0.109. The summed E-state index contributed by atoms with van der Waals surface area (Å²) in [6.07, 6.45) is 0. The fourth-order valence-corrected chi connectivity index (χ4v) is 2.69. The first-order valence-corrected chi connectivity index (χ1v) is 9.21. The SMILES string of the molecule is CC(NC(=O)CSCC#N)c1ccc(NC(=O)Nc2ccccc2)cc1. The third-order valence-electron chi connectivity index (χ3n) is 3.48. The van der Waals surface area contributed by atoms with Crippen molar-refractivity contribution < 1.29 is 9.59 Å². The molecule has 0 aliphatic carbocycles. The first-order chi connectivity index (χ1) is 12.6. The molecular formula is C19H20N4O2S. The molecule has 0 bridgehead atoms. The van der Waals surface area contributed by atoms with Gasteiger partial charge in [0.15, 0.2) is 0 Å². The van der Waals surface area contributed by atoms with Crippen LogP contribution in [0.3, 0.4) is 0 Å². The van der Waals surface area contributed by atoms with Crippen molar-refractivity contribution in [3.63, 3.8) is 0 Å². The number of hydrogen-bond donors (Lipinski definition) is 3. The van der Waals surface area contributed by atoms with E-state index in [2.05, 4.69) is 16.0 Å². The van der Waals surface area contributed by atoms with Crippen LogP contribution in [0.2, 0.25) is 0 Å². The molecule has 0 aliphatic heterocycles. The van der Waals surface area contributed by atoms with Crippen LogP contribution in [0.5, 0.6) is 0 Å². The standard InChI is InChI=1S/C19H20N4O2S/c1-14(21-18(24)13-26-12-11-20)15-7-9-17(10-8-15)23-19(25)22-16-5-3-2-4-6-16/h2-10,14H,12-13H2,1H3,(H,21,24)(H2,22,23,25). The number of urea groups is 1. The number of nitrogens with zero attached hydrogens (tertiary/aromatic N) is 1. The molecule has 134 valence electrons. The van der Waals surface area contributed by atoms with Crippen LogP contribution in [-0.4, -0.2) is 23.4 Å². The molecule has 0 aromatic heterocycles. The molecule has 0 spiro atoms. The van der Waals surface area contributed by atoms with Crippen molar-refractivity contribution in [3.05, 3.63) is 60.2 Å². The highest BCUT2D eigenvalue weighted by Gasteiger charge is 2.10. The summed E-state index contributed by atoms with van der Waals surface area (Å²) in [5, 5.41) is 16.9. The number of rotatable bonds is 7. The van der Waals surface area contributed by atoms with Gasteiger partial charge in [-0.1, -0.05) is 30.3 Å². The maximum atomic E-state index is 12.0. The second-order valence-corrected chi connectivity index (χ2v) is 6.49. The zero-order chi connectivity index (χ0) is 18.8. The quantitative estimate of drug-likeness (QED) is 0.649. The number of anilines is 2. The minimum atomic E-state index is -0.320. The number of carbonyl (C=O) groups excluding carboxylic acids is 2. The van der Waals surface area contributed by atoms with Crippen molar-refractivity contribution in [2.24, 2.45) is 0 Å². The molecule has 0 aliphatic rings. The highest BCUT2D eigenvalue weighted by molar-refractivity contribution is 8.00. The molecule has 7 heteroatoms. The largest absolute Gasteiger partial charge is 0.349 e. The lowest BCUT2D eigenvalue weighted by atomic mass is 10.1. The Hall–Kier alpha value is -2.98. The van der Waals surface area contributed by atoms with Gasteiger partial charge in [0.05, 0.1) is 23.6 Å². The monoisotopic (exact) mass is 368 g/mol. The van der Waals surface area contributed by atoms with Crippen molar-refractivity contribution in [2.75, 3.05) is 22.1 Å². The van der Waals surface area contributed by atoms with Crippen LogP contribution in [0, 0.1) is 11.3 Å². The van der Waals surface area contributed by atoms with E-state index >= 15 is 0 Å². The summed E-state index contributed by atoms with van der Waals surface area (Å²) in [7, 11) is 0. The Morgan fingerprint density at radius 1 is 1.04 bits per heavy atom. The van der Waals surface area contributed by atoms with E-state index in [1.807, 2.05) is 55.5 Å². The van der Waals surface area contributed by atoms with Crippen LogP contribution in [0.1, 0.15) is 18.5 Å². The van der Waals surface area contributed by atoms with Gasteiger partial charge in [0.2, 0.25) is 5.91 Å². The van der Waals surface area contributed by atoms with E-state index in [1.54, 1.807) is 12.1 Å². The van der Waals surface area contributed by atoms with Gasteiger partial charge in [-0.3, -0.25) is 4.79 Å². The van der Waals surface area contributed by atoms with Gasteiger partial charge < -0.3 is 16.0 Å². The Kier molecular flexibility index (Phi) is 7.52. The Bertz CT molecular complexity index is 772. The maximum Gasteiger partial charge on any atom is 0.323 e. The predicted molar refractivity (Wildman–Crippen MR) is 105 cm³/mol. The molecule has 1 unspecified atom stereocenters. The van der Waals surface area contributed by atoms with Gasteiger partial charge in [0, 0.05) is 11.4 Å². The van der Waals surface area contributed by atoms with Gasteiger partial charge >= 0.3 is 6.03 Å². The molecule has 6 nitrogen and oxygen atoms in total. The number of nitrogens with one attached hydrogen (secondary N) is 3. The van der Waals surface area contributed by atoms with Crippen molar-refractivity contribution in [1.82, 2.24) is 5.32 Å². The summed E-state index contributed by atoms with van der Waals surface area (Å²) in [5.41, 5.74) is 2.30. The molecule has 3 amide bonds. The van der Waals surface area contributed by atoms with E-state index in [0.29, 0.717) is 17.1 Å². The molecule has 1 atom stereocenters. The summed E-state index contributed by atoms with van der Waals surface area (Å²) in [6, 6.07) is 18.0. The Morgan fingerprint density at radius 3 is 2.27 bits per heavy atom. The van der Waals surface area contributed by atoms with Crippen LogP contribution in [0.4, 0.5) is 16.2 Å². The second kappa shape index (κ2) is 10.1. The normalized spacial score (nSPS) is 11.1. The van der Waals surface area contributed by atoms with Crippen molar-refractivity contribution >= 4 is 35.1 Å². The molecule has 3 N–H and O–H groups in total. The van der Waals surface area contributed by atoms with E-state index in [4.69, 9.17) is 5.26 Å². The van der Waals surface area contributed by atoms with Crippen LogP contribution in [-0.2, 0) is 4.79 Å². The third kappa shape index (κ3) is 6.49. The molecular weight excluding hydrogens is 348 g/mol. The summed E-state index contributed by atoms with van der Waals surface area (Å²) in [4.78, 5) is 23.7. The number of amides is 3. The average molecular weight is 368 g/mol. The highest BCUT2D eigenvalue weighted by Crippen LogP contribution is 2.17. The molecule has 2 aromatic rings. The summed E-state index contributed by atoms with van der Waals surface area (Å²) in [6.45, 7) is 1.89. The molecule has 2 rings (SSSR count). The van der Waals surface area contributed by atoms with Crippen molar-refractivity contribution in [3.8, 4) is 6.07 Å². The molecule has 2 aromatic carbocycles. The lowest BCUT2D eigenvalue weighted by Crippen LogP contribution is -2.28. The van der Waals surface area contributed by atoms with Gasteiger partial charge in [-0.05, 0) is 36.8 Å². The Labute approximate surface area is 157 Å². The van der Waals surface area contributed by atoms with Crippen molar-refractivity contribution in [2.45, 2.75) is 13.0 Å². The molecule has 0 fully saturated rings. The number of thioether (sulfide) groups is 1. The summed E-state index contributed by atoms with van der Waals surface area (Å²) >= 11 is 1.28. The van der Waals surface area contributed by atoms with E-state index in [9.17, 15) is 9.59 Å².